The van der Waals surface area contributed by atoms with E-state index in [9.17, 15) is 4.79 Å². The van der Waals surface area contributed by atoms with Crippen LogP contribution in [0.15, 0.2) is 0 Å². The van der Waals surface area contributed by atoms with E-state index in [1.165, 1.54) is 45.2 Å². The van der Waals surface area contributed by atoms with Crippen molar-refractivity contribution in [2.24, 2.45) is 17.8 Å². The Kier molecular flexibility index (Phi) is 3.36. The lowest BCUT2D eigenvalue weighted by Crippen LogP contribution is -2.34. The van der Waals surface area contributed by atoms with Gasteiger partial charge in [0, 0.05) is 18.4 Å². The summed E-state index contributed by atoms with van der Waals surface area (Å²) in [4.78, 5) is 14.4. The fraction of sp³-hybridized carbons (Fsp3) is 0.917. The standard InChI is InChI=1S/C12H19NO.ClH/c14-12-10-4-3-9(7-10)11(12)8-13-5-1-2-6-13;/h9-11H,1-8H2;1H/t9?,10-,11+;/m1./s1. The van der Waals surface area contributed by atoms with Gasteiger partial charge in [-0.2, -0.15) is 0 Å². The van der Waals surface area contributed by atoms with Crippen molar-refractivity contribution >= 4 is 18.2 Å². The number of hydrogen-bond acceptors (Lipinski definition) is 2. The van der Waals surface area contributed by atoms with Crippen LogP contribution in [0.3, 0.4) is 0 Å². The second-order valence-electron chi connectivity index (χ2n) is 5.29. The van der Waals surface area contributed by atoms with Crippen molar-refractivity contribution < 1.29 is 4.79 Å². The van der Waals surface area contributed by atoms with E-state index < -0.39 is 0 Å². The molecule has 15 heavy (non-hydrogen) atoms. The molecule has 0 N–H and O–H groups in total. The molecule has 1 aliphatic heterocycles. The van der Waals surface area contributed by atoms with Crippen molar-refractivity contribution in [1.29, 1.82) is 0 Å². The molecule has 0 aromatic rings. The topological polar surface area (TPSA) is 20.3 Å². The van der Waals surface area contributed by atoms with Crippen LogP contribution in [0, 0.1) is 17.8 Å². The average Bonchev–Trinajstić information content (AvgIpc) is 2.87. The van der Waals surface area contributed by atoms with Gasteiger partial charge in [0.05, 0.1) is 0 Å². The molecule has 3 atom stereocenters. The first-order chi connectivity index (χ1) is 6.84. The largest absolute Gasteiger partial charge is 0.303 e. The highest BCUT2D eigenvalue weighted by Crippen LogP contribution is 2.46. The van der Waals surface area contributed by atoms with Crippen molar-refractivity contribution in [2.75, 3.05) is 19.6 Å². The SMILES string of the molecule is Cl.O=C1[C@@H]2CCC(C2)[C@@H]1CN1CCCC1. The van der Waals surface area contributed by atoms with Crippen LogP contribution in [0.25, 0.3) is 0 Å². The number of halogens is 1. The maximum Gasteiger partial charge on any atom is 0.140 e. The molecule has 2 aliphatic carbocycles. The number of hydrogen-bond donors (Lipinski definition) is 0. The Bertz CT molecular complexity index is 250. The van der Waals surface area contributed by atoms with E-state index in [0.717, 1.165) is 12.5 Å². The molecule has 1 heterocycles. The summed E-state index contributed by atoms with van der Waals surface area (Å²) < 4.78 is 0. The van der Waals surface area contributed by atoms with Crippen LogP contribution in [0.5, 0.6) is 0 Å². The van der Waals surface area contributed by atoms with Gasteiger partial charge in [-0.15, -0.1) is 12.4 Å². The molecule has 1 unspecified atom stereocenters. The molecule has 1 saturated heterocycles. The fourth-order valence-corrected chi connectivity index (χ4v) is 3.66. The first-order valence-corrected chi connectivity index (χ1v) is 6.10. The predicted octanol–water partition coefficient (Wildman–Crippen LogP) is 2.12. The molecule has 0 radical (unpaired) electrons. The van der Waals surface area contributed by atoms with Crippen molar-refractivity contribution in [1.82, 2.24) is 4.90 Å². The molecule has 3 heteroatoms. The second kappa shape index (κ2) is 4.42. The van der Waals surface area contributed by atoms with Crippen molar-refractivity contribution in [3.8, 4) is 0 Å². The molecule has 2 saturated carbocycles. The second-order valence-corrected chi connectivity index (χ2v) is 5.29. The summed E-state index contributed by atoms with van der Waals surface area (Å²) in [5.74, 6) is 2.25. The van der Waals surface area contributed by atoms with Gasteiger partial charge in [-0.1, -0.05) is 0 Å². The Balaban J connectivity index is 0.000000853. The van der Waals surface area contributed by atoms with Crippen LogP contribution in [0.2, 0.25) is 0 Å². The van der Waals surface area contributed by atoms with Gasteiger partial charge in [0.2, 0.25) is 0 Å². The van der Waals surface area contributed by atoms with Gasteiger partial charge in [-0.05, 0) is 51.1 Å². The Hall–Kier alpha value is -0.0800. The van der Waals surface area contributed by atoms with Crippen LogP contribution in [0.1, 0.15) is 32.1 Å². The van der Waals surface area contributed by atoms with E-state index in [2.05, 4.69) is 4.90 Å². The number of carbonyl (C=O) groups is 1. The Morgan fingerprint density at radius 1 is 1.20 bits per heavy atom. The minimum Gasteiger partial charge on any atom is -0.303 e. The summed E-state index contributed by atoms with van der Waals surface area (Å²) in [5, 5.41) is 0. The highest BCUT2D eigenvalue weighted by Gasteiger charge is 2.46. The number of Topliss-reactive ketones (excluding diaryl/α,β-unsaturated/α-hetero) is 1. The fourth-order valence-electron chi connectivity index (χ4n) is 3.66. The molecule has 86 valence electrons. The maximum atomic E-state index is 11.9. The minimum atomic E-state index is 0. The van der Waals surface area contributed by atoms with E-state index in [0.29, 0.717) is 17.6 Å². The van der Waals surface area contributed by atoms with E-state index in [4.69, 9.17) is 0 Å². The highest BCUT2D eigenvalue weighted by atomic mass is 35.5. The molecule has 0 aromatic carbocycles. The average molecular weight is 230 g/mol. The predicted molar refractivity (Wildman–Crippen MR) is 62.3 cm³/mol. The zero-order chi connectivity index (χ0) is 9.54. The van der Waals surface area contributed by atoms with E-state index >= 15 is 0 Å². The van der Waals surface area contributed by atoms with Gasteiger partial charge in [0.25, 0.3) is 0 Å². The Morgan fingerprint density at radius 2 is 1.93 bits per heavy atom. The molecule has 3 rings (SSSR count). The van der Waals surface area contributed by atoms with Crippen LogP contribution < -0.4 is 0 Å². The van der Waals surface area contributed by atoms with E-state index in [-0.39, 0.29) is 12.4 Å². The highest BCUT2D eigenvalue weighted by molar-refractivity contribution is 5.87. The van der Waals surface area contributed by atoms with Gasteiger partial charge >= 0.3 is 0 Å². The molecule has 3 fully saturated rings. The summed E-state index contributed by atoms with van der Waals surface area (Å²) >= 11 is 0. The number of fused-ring (bicyclic) bond motifs is 2. The Labute approximate surface area is 97.8 Å². The zero-order valence-electron chi connectivity index (χ0n) is 9.15. The number of likely N-dealkylation sites (tertiary alicyclic amines) is 1. The Morgan fingerprint density at radius 3 is 2.53 bits per heavy atom. The molecule has 2 bridgehead atoms. The zero-order valence-corrected chi connectivity index (χ0v) is 9.97. The number of ketones is 1. The van der Waals surface area contributed by atoms with Crippen molar-refractivity contribution in [3.05, 3.63) is 0 Å². The summed E-state index contributed by atoms with van der Waals surface area (Å²) in [7, 11) is 0. The number of nitrogens with zero attached hydrogens (tertiary/aromatic N) is 1. The summed E-state index contributed by atoms with van der Waals surface area (Å²) in [6, 6.07) is 0. The maximum absolute atomic E-state index is 11.9. The van der Waals surface area contributed by atoms with Gasteiger partial charge in [0.1, 0.15) is 5.78 Å². The molecule has 0 spiro atoms. The minimum absolute atomic E-state index is 0. The quantitative estimate of drug-likeness (QED) is 0.723. The van der Waals surface area contributed by atoms with Gasteiger partial charge in [-0.3, -0.25) is 4.79 Å². The van der Waals surface area contributed by atoms with Crippen LogP contribution in [-0.4, -0.2) is 30.3 Å². The summed E-state index contributed by atoms with van der Waals surface area (Å²) in [6.45, 7) is 3.56. The lowest BCUT2D eigenvalue weighted by molar-refractivity contribution is -0.126. The van der Waals surface area contributed by atoms with Crippen LogP contribution >= 0.6 is 12.4 Å². The number of carbonyl (C=O) groups excluding carboxylic acids is 1. The third-order valence-corrected chi connectivity index (χ3v) is 4.46. The van der Waals surface area contributed by atoms with Crippen molar-refractivity contribution in [3.63, 3.8) is 0 Å². The molecular formula is C12H20ClNO. The van der Waals surface area contributed by atoms with E-state index in [1.54, 1.807) is 0 Å². The third-order valence-electron chi connectivity index (χ3n) is 4.46. The third kappa shape index (κ3) is 1.94. The smallest absolute Gasteiger partial charge is 0.140 e. The van der Waals surface area contributed by atoms with Crippen LogP contribution in [-0.2, 0) is 4.79 Å². The first kappa shape index (κ1) is 11.4. The molecular weight excluding hydrogens is 210 g/mol. The molecule has 3 aliphatic rings. The van der Waals surface area contributed by atoms with Crippen LogP contribution in [0.4, 0.5) is 0 Å². The summed E-state index contributed by atoms with van der Waals surface area (Å²) in [5.41, 5.74) is 0. The monoisotopic (exact) mass is 229 g/mol. The molecule has 2 nitrogen and oxygen atoms in total. The lowest BCUT2D eigenvalue weighted by Gasteiger charge is -2.25. The lowest BCUT2D eigenvalue weighted by atomic mass is 9.87. The number of rotatable bonds is 2. The molecule has 0 amide bonds. The first-order valence-electron chi connectivity index (χ1n) is 6.10. The summed E-state index contributed by atoms with van der Waals surface area (Å²) in [6.07, 6.45) is 6.43. The van der Waals surface area contributed by atoms with E-state index in [1.807, 2.05) is 0 Å². The molecule has 0 aromatic heterocycles. The van der Waals surface area contributed by atoms with Gasteiger partial charge < -0.3 is 4.90 Å². The van der Waals surface area contributed by atoms with Gasteiger partial charge in [0.15, 0.2) is 0 Å². The van der Waals surface area contributed by atoms with Crippen molar-refractivity contribution in [2.45, 2.75) is 32.1 Å². The normalized spacial score (nSPS) is 39.7. The van der Waals surface area contributed by atoms with Gasteiger partial charge in [-0.25, -0.2) is 0 Å².